The second-order valence-electron chi connectivity index (χ2n) is 5.21. The lowest BCUT2D eigenvalue weighted by atomic mass is 10.0. The molecule has 16 heavy (non-hydrogen) atoms. The predicted octanol–water partition coefficient (Wildman–Crippen LogP) is 3.96. The van der Waals surface area contributed by atoms with Gasteiger partial charge in [-0.1, -0.05) is 47.7 Å². The number of carboxylic acid groups (broad SMARTS) is 1. The molecule has 0 aliphatic rings. The van der Waals surface area contributed by atoms with E-state index in [1.807, 2.05) is 24.3 Å². The topological polar surface area (TPSA) is 37.3 Å². The van der Waals surface area contributed by atoms with Crippen molar-refractivity contribution >= 4 is 30.0 Å². The quantitative estimate of drug-likeness (QED) is 0.855. The highest BCUT2D eigenvalue weighted by atomic mass is 79.9. The lowest BCUT2D eigenvalue weighted by Gasteiger charge is -2.21. The van der Waals surface area contributed by atoms with Gasteiger partial charge in [-0.25, -0.2) is 0 Å². The summed E-state index contributed by atoms with van der Waals surface area (Å²) in [6, 6.07) is 8.36. The first kappa shape index (κ1) is 13.5. The van der Waals surface area contributed by atoms with Crippen LogP contribution < -0.4 is 0 Å². The molecular weight excluding hydrogens is 284 g/mol. The van der Waals surface area contributed by atoms with Gasteiger partial charge in [-0.05, 0) is 23.7 Å². The number of rotatable bonds is 4. The van der Waals surface area contributed by atoms with Gasteiger partial charge in [0.05, 0.1) is 5.92 Å². The minimum Gasteiger partial charge on any atom is -0.481 e. The Morgan fingerprint density at radius 3 is 2.19 bits per heavy atom. The molecule has 1 aromatic carbocycles. The number of aliphatic carboxylic acids is 1. The largest absolute Gasteiger partial charge is 0.481 e. The second kappa shape index (κ2) is 5.14. The molecular formula is C12H17BrO2Si. The molecule has 0 aromatic heterocycles. The van der Waals surface area contributed by atoms with Gasteiger partial charge in [0.25, 0.3) is 0 Å². The van der Waals surface area contributed by atoms with Crippen LogP contribution in [-0.4, -0.2) is 19.1 Å². The van der Waals surface area contributed by atoms with Crippen LogP contribution in [0.5, 0.6) is 0 Å². The van der Waals surface area contributed by atoms with Gasteiger partial charge in [-0.3, -0.25) is 4.79 Å². The van der Waals surface area contributed by atoms with Crippen molar-refractivity contribution in [1.29, 1.82) is 0 Å². The summed E-state index contributed by atoms with van der Waals surface area (Å²) in [6.07, 6.45) is 0. The van der Waals surface area contributed by atoms with Gasteiger partial charge in [0, 0.05) is 12.5 Å². The standard InChI is InChI=1S/C12H17BrO2Si/c1-16(2,3)8-11(12(14)15)9-4-6-10(13)7-5-9/h4-7,11H,8H2,1-3H3,(H,14,15). The van der Waals surface area contributed by atoms with Crippen LogP contribution in [0.15, 0.2) is 28.7 Å². The van der Waals surface area contributed by atoms with E-state index < -0.39 is 14.0 Å². The smallest absolute Gasteiger partial charge is 0.310 e. The molecule has 0 saturated heterocycles. The van der Waals surface area contributed by atoms with Gasteiger partial charge >= 0.3 is 5.97 Å². The van der Waals surface area contributed by atoms with Crippen LogP contribution >= 0.6 is 15.9 Å². The number of benzene rings is 1. The summed E-state index contributed by atoms with van der Waals surface area (Å²) >= 11 is 3.35. The Kier molecular flexibility index (Phi) is 4.33. The summed E-state index contributed by atoms with van der Waals surface area (Å²) in [7, 11) is -1.37. The molecule has 1 aromatic rings. The van der Waals surface area contributed by atoms with Gasteiger partial charge in [-0.15, -0.1) is 0 Å². The van der Waals surface area contributed by atoms with Crippen LogP contribution in [0, 0.1) is 0 Å². The van der Waals surface area contributed by atoms with Crippen molar-refractivity contribution < 1.29 is 9.90 Å². The summed E-state index contributed by atoms with van der Waals surface area (Å²) < 4.78 is 0.980. The van der Waals surface area contributed by atoms with Crippen molar-refractivity contribution in [3.63, 3.8) is 0 Å². The summed E-state index contributed by atoms with van der Waals surface area (Å²) in [5, 5.41) is 9.27. The fraction of sp³-hybridized carbons (Fsp3) is 0.417. The van der Waals surface area contributed by atoms with Gasteiger partial charge < -0.3 is 5.11 Å². The van der Waals surface area contributed by atoms with Crippen molar-refractivity contribution in [3.8, 4) is 0 Å². The third kappa shape index (κ3) is 4.10. The summed E-state index contributed by atoms with van der Waals surface area (Å²) in [5.41, 5.74) is 0.901. The van der Waals surface area contributed by atoms with E-state index in [2.05, 4.69) is 35.6 Å². The highest BCUT2D eigenvalue weighted by Gasteiger charge is 2.26. The third-order valence-corrected chi connectivity index (χ3v) is 4.55. The first-order valence-electron chi connectivity index (χ1n) is 5.28. The number of halogens is 1. The SMILES string of the molecule is C[Si](C)(C)CC(C(=O)O)c1ccc(Br)cc1. The van der Waals surface area contributed by atoms with Crippen LogP contribution in [0.1, 0.15) is 11.5 Å². The van der Waals surface area contributed by atoms with Crippen molar-refractivity contribution in [3.05, 3.63) is 34.3 Å². The minimum absolute atomic E-state index is 0.361. The van der Waals surface area contributed by atoms with Crippen LogP contribution in [0.25, 0.3) is 0 Å². The molecule has 0 spiro atoms. The fourth-order valence-electron chi connectivity index (χ4n) is 1.66. The lowest BCUT2D eigenvalue weighted by molar-refractivity contribution is -0.138. The molecule has 1 rings (SSSR count). The average Bonchev–Trinajstić information content (AvgIpc) is 2.14. The first-order chi connectivity index (χ1) is 7.29. The lowest BCUT2D eigenvalue weighted by Crippen LogP contribution is -2.26. The highest BCUT2D eigenvalue weighted by Crippen LogP contribution is 2.27. The molecule has 0 amide bonds. The molecule has 2 nitrogen and oxygen atoms in total. The number of hydrogen-bond acceptors (Lipinski definition) is 1. The predicted molar refractivity (Wildman–Crippen MR) is 72.7 cm³/mol. The highest BCUT2D eigenvalue weighted by molar-refractivity contribution is 9.10. The van der Waals surface area contributed by atoms with Gasteiger partial charge in [0.15, 0.2) is 0 Å². The zero-order valence-corrected chi connectivity index (χ0v) is 12.4. The minimum atomic E-state index is -1.37. The third-order valence-electron chi connectivity index (χ3n) is 2.39. The zero-order valence-electron chi connectivity index (χ0n) is 9.83. The molecule has 0 fully saturated rings. The Bertz CT molecular complexity index is 368. The summed E-state index contributed by atoms with van der Waals surface area (Å²) in [6.45, 7) is 6.59. The second-order valence-corrected chi connectivity index (χ2v) is 11.7. The summed E-state index contributed by atoms with van der Waals surface area (Å²) in [5.74, 6) is -1.08. The van der Waals surface area contributed by atoms with Crippen molar-refractivity contribution in [2.45, 2.75) is 31.6 Å². The molecule has 88 valence electrons. The van der Waals surface area contributed by atoms with Crippen molar-refractivity contribution in [1.82, 2.24) is 0 Å². The van der Waals surface area contributed by atoms with Gasteiger partial charge in [0.1, 0.15) is 0 Å². The molecule has 0 radical (unpaired) electrons. The van der Waals surface area contributed by atoms with Crippen LogP contribution in [0.4, 0.5) is 0 Å². The van der Waals surface area contributed by atoms with Crippen LogP contribution in [0.2, 0.25) is 25.7 Å². The molecule has 1 atom stereocenters. The van der Waals surface area contributed by atoms with E-state index in [1.54, 1.807) is 0 Å². The Balaban J connectivity index is 2.94. The van der Waals surface area contributed by atoms with Crippen molar-refractivity contribution in [2.75, 3.05) is 0 Å². The van der Waals surface area contributed by atoms with Crippen LogP contribution in [0.3, 0.4) is 0 Å². The number of carboxylic acids is 1. The Hall–Kier alpha value is -0.613. The van der Waals surface area contributed by atoms with E-state index in [-0.39, 0.29) is 5.92 Å². The maximum Gasteiger partial charge on any atom is 0.310 e. The molecule has 4 heteroatoms. The summed E-state index contributed by atoms with van der Waals surface area (Å²) in [4.78, 5) is 11.3. The molecule has 0 aliphatic heterocycles. The van der Waals surface area contributed by atoms with E-state index in [0.717, 1.165) is 16.1 Å². The monoisotopic (exact) mass is 300 g/mol. The fourth-order valence-corrected chi connectivity index (χ4v) is 3.55. The average molecular weight is 301 g/mol. The zero-order chi connectivity index (χ0) is 12.3. The molecule has 1 N–H and O–H groups in total. The van der Waals surface area contributed by atoms with E-state index in [1.165, 1.54) is 0 Å². The molecule has 1 unspecified atom stereocenters. The van der Waals surface area contributed by atoms with Crippen molar-refractivity contribution in [2.24, 2.45) is 0 Å². The Morgan fingerprint density at radius 1 is 1.31 bits per heavy atom. The van der Waals surface area contributed by atoms with Crippen LogP contribution in [-0.2, 0) is 4.79 Å². The van der Waals surface area contributed by atoms with E-state index in [0.29, 0.717) is 0 Å². The molecule has 0 saturated carbocycles. The van der Waals surface area contributed by atoms with Gasteiger partial charge in [0.2, 0.25) is 0 Å². The number of hydrogen-bond donors (Lipinski definition) is 1. The normalized spacial score (nSPS) is 13.5. The Morgan fingerprint density at radius 2 is 1.81 bits per heavy atom. The first-order valence-corrected chi connectivity index (χ1v) is 9.78. The van der Waals surface area contributed by atoms with E-state index >= 15 is 0 Å². The van der Waals surface area contributed by atoms with E-state index in [4.69, 9.17) is 0 Å². The maximum absolute atomic E-state index is 11.3. The molecule has 0 bridgehead atoms. The number of carbonyl (C=O) groups is 1. The molecule has 0 aliphatic carbocycles. The maximum atomic E-state index is 11.3. The van der Waals surface area contributed by atoms with Gasteiger partial charge in [-0.2, -0.15) is 0 Å². The Labute approximate surface area is 106 Å². The molecule has 0 heterocycles. The van der Waals surface area contributed by atoms with E-state index in [9.17, 15) is 9.90 Å².